The Kier molecular flexibility index (Phi) is 4.99. The molecule has 1 saturated heterocycles. The SMILES string of the molecule is CC1CN(C(c2ccc(Cl)cc2)c2ccc(Cl)cn2)CCN1. The standard InChI is InChI=1S/C17H19Cl2N3/c1-12-11-22(9-8-20-12)17(13-2-4-14(18)5-3-13)16-7-6-15(19)10-21-16/h2-7,10,12,17,20H,8-9,11H2,1H3. The van der Waals surface area contributed by atoms with Crippen LogP contribution in [0.4, 0.5) is 0 Å². The van der Waals surface area contributed by atoms with Gasteiger partial charge in [-0.05, 0) is 36.8 Å². The minimum atomic E-state index is 0.124. The molecule has 1 aromatic heterocycles. The first-order valence-electron chi connectivity index (χ1n) is 7.48. The van der Waals surface area contributed by atoms with Crippen LogP contribution >= 0.6 is 23.2 Å². The third kappa shape index (κ3) is 3.61. The Bertz CT molecular complexity index is 567. The van der Waals surface area contributed by atoms with E-state index in [1.165, 1.54) is 5.56 Å². The van der Waals surface area contributed by atoms with Crippen LogP contribution < -0.4 is 5.32 Å². The van der Waals surface area contributed by atoms with E-state index in [1.807, 2.05) is 24.3 Å². The van der Waals surface area contributed by atoms with Crippen LogP contribution in [0.1, 0.15) is 24.2 Å². The first-order valence-corrected chi connectivity index (χ1v) is 8.23. The lowest BCUT2D eigenvalue weighted by Gasteiger charge is -2.37. The fraction of sp³-hybridized carbons (Fsp3) is 0.353. The smallest absolute Gasteiger partial charge is 0.0777 e. The van der Waals surface area contributed by atoms with Crippen LogP contribution in [-0.2, 0) is 0 Å². The van der Waals surface area contributed by atoms with Crippen molar-refractivity contribution in [3.63, 3.8) is 0 Å². The molecule has 1 aromatic carbocycles. The van der Waals surface area contributed by atoms with Crippen molar-refractivity contribution in [3.05, 3.63) is 63.9 Å². The van der Waals surface area contributed by atoms with Crippen LogP contribution in [0, 0.1) is 0 Å². The number of piperazine rings is 1. The number of rotatable bonds is 3. The molecule has 2 heterocycles. The van der Waals surface area contributed by atoms with E-state index in [0.29, 0.717) is 11.1 Å². The lowest BCUT2D eigenvalue weighted by atomic mass is 9.99. The third-order valence-corrected chi connectivity index (χ3v) is 4.46. The lowest BCUT2D eigenvalue weighted by Crippen LogP contribution is -2.50. The Labute approximate surface area is 141 Å². The number of nitrogens with one attached hydrogen (secondary N) is 1. The summed E-state index contributed by atoms with van der Waals surface area (Å²) < 4.78 is 0. The maximum Gasteiger partial charge on any atom is 0.0777 e. The van der Waals surface area contributed by atoms with E-state index < -0.39 is 0 Å². The maximum atomic E-state index is 6.04. The van der Waals surface area contributed by atoms with Gasteiger partial charge in [-0.15, -0.1) is 0 Å². The summed E-state index contributed by atoms with van der Waals surface area (Å²) in [5, 5.41) is 4.89. The van der Waals surface area contributed by atoms with Gasteiger partial charge in [-0.1, -0.05) is 35.3 Å². The molecule has 0 aliphatic carbocycles. The molecule has 3 rings (SSSR count). The van der Waals surface area contributed by atoms with Crippen molar-refractivity contribution < 1.29 is 0 Å². The van der Waals surface area contributed by atoms with Crippen molar-refractivity contribution in [2.24, 2.45) is 0 Å². The molecule has 0 bridgehead atoms. The van der Waals surface area contributed by atoms with Gasteiger partial charge in [0.1, 0.15) is 0 Å². The third-order valence-electron chi connectivity index (χ3n) is 3.98. The Balaban J connectivity index is 1.97. The Morgan fingerprint density at radius 1 is 1.14 bits per heavy atom. The summed E-state index contributed by atoms with van der Waals surface area (Å²) in [4.78, 5) is 7.01. The van der Waals surface area contributed by atoms with Gasteiger partial charge in [-0.2, -0.15) is 0 Å². The molecule has 22 heavy (non-hydrogen) atoms. The molecule has 1 aliphatic rings. The van der Waals surface area contributed by atoms with Crippen molar-refractivity contribution in [2.45, 2.75) is 19.0 Å². The first-order chi connectivity index (χ1) is 10.6. The molecular weight excluding hydrogens is 317 g/mol. The summed E-state index contributed by atoms with van der Waals surface area (Å²) in [6.45, 7) is 5.17. The van der Waals surface area contributed by atoms with E-state index >= 15 is 0 Å². The summed E-state index contributed by atoms with van der Waals surface area (Å²) in [6.07, 6.45) is 1.71. The average Bonchev–Trinajstić information content (AvgIpc) is 2.51. The van der Waals surface area contributed by atoms with Gasteiger partial charge in [0.25, 0.3) is 0 Å². The van der Waals surface area contributed by atoms with Gasteiger partial charge in [0, 0.05) is 36.9 Å². The molecule has 0 saturated carbocycles. The Morgan fingerprint density at radius 3 is 2.50 bits per heavy atom. The molecule has 1 N–H and O–H groups in total. The number of nitrogens with zero attached hydrogens (tertiary/aromatic N) is 2. The molecule has 3 nitrogen and oxygen atoms in total. The van der Waals surface area contributed by atoms with Crippen LogP contribution in [-0.4, -0.2) is 35.6 Å². The molecule has 2 atom stereocenters. The highest BCUT2D eigenvalue weighted by molar-refractivity contribution is 6.30. The Morgan fingerprint density at radius 2 is 1.86 bits per heavy atom. The fourth-order valence-corrected chi connectivity index (χ4v) is 3.20. The van der Waals surface area contributed by atoms with E-state index in [4.69, 9.17) is 23.2 Å². The quantitative estimate of drug-likeness (QED) is 0.925. The first kappa shape index (κ1) is 15.8. The predicted octanol–water partition coefficient (Wildman–Crippen LogP) is 3.77. The number of pyridine rings is 1. The Hall–Kier alpha value is -1.13. The van der Waals surface area contributed by atoms with Crippen molar-refractivity contribution >= 4 is 23.2 Å². The molecule has 2 unspecified atom stereocenters. The highest BCUT2D eigenvalue weighted by Gasteiger charge is 2.27. The normalized spacial score (nSPS) is 20.8. The van der Waals surface area contributed by atoms with Gasteiger partial charge < -0.3 is 5.32 Å². The lowest BCUT2D eigenvalue weighted by molar-refractivity contribution is 0.167. The van der Waals surface area contributed by atoms with Crippen molar-refractivity contribution in [1.29, 1.82) is 0 Å². The largest absolute Gasteiger partial charge is 0.312 e. The van der Waals surface area contributed by atoms with E-state index in [1.54, 1.807) is 6.20 Å². The number of hydrogen-bond acceptors (Lipinski definition) is 3. The van der Waals surface area contributed by atoms with Gasteiger partial charge in [0.15, 0.2) is 0 Å². The molecule has 0 radical (unpaired) electrons. The number of halogens is 2. The second kappa shape index (κ2) is 6.97. The molecule has 0 spiro atoms. The molecule has 116 valence electrons. The minimum Gasteiger partial charge on any atom is -0.312 e. The van der Waals surface area contributed by atoms with E-state index in [9.17, 15) is 0 Å². The highest BCUT2D eigenvalue weighted by atomic mass is 35.5. The van der Waals surface area contributed by atoms with Crippen LogP contribution in [0.25, 0.3) is 0 Å². The van der Waals surface area contributed by atoms with Gasteiger partial charge >= 0.3 is 0 Å². The summed E-state index contributed by atoms with van der Waals surface area (Å²) in [5.41, 5.74) is 2.22. The van der Waals surface area contributed by atoms with E-state index in [-0.39, 0.29) is 6.04 Å². The molecule has 1 aliphatic heterocycles. The van der Waals surface area contributed by atoms with Gasteiger partial charge in [0.05, 0.1) is 16.8 Å². The zero-order chi connectivity index (χ0) is 15.5. The maximum absolute atomic E-state index is 6.04. The van der Waals surface area contributed by atoms with Crippen LogP contribution in [0.2, 0.25) is 10.0 Å². The molecule has 0 amide bonds. The number of benzene rings is 1. The van der Waals surface area contributed by atoms with Gasteiger partial charge in [-0.3, -0.25) is 9.88 Å². The monoisotopic (exact) mass is 335 g/mol. The summed E-state index contributed by atoms with van der Waals surface area (Å²) in [7, 11) is 0. The summed E-state index contributed by atoms with van der Waals surface area (Å²) in [6, 6.07) is 12.5. The van der Waals surface area contributed by atoms with E-state index in [2.05, 4.69) is 34.3 Å². The van der Waals surface area contributed by atoms with Crippen LogP contribution in [0.3, 0.4) is 0 Å². The van der Waals surface area contributed by atoms with Crippen molar-refractivity contribution in [3.8, 4) is 0 Å². The number of hydrogen-bond donors (Lipinski definition) is 1. The molecular formula is C17H19Cl2N3. The molecule has 1 fully saturated rings. The fourth-order valence-electron chi connectivity index (χ4n) is 2.96. The minimum absolute atomic E-state index is 0.124. The van der Waals surface area contributed by atoms with Crippen LogP contribution in [0.5, 0.6) is 0 Å². The molecule has 2 aromatic rings. The summed E-state index contributed by atoms with van der Waals surface area (Å²) in [5.74, 6) is 0. The van der Waals surface area contributed by atoms with E-state index in [0.717, 1.165) is 30.4 Å². The average molecular weight is 336 g/mol. The van der Waals surface area contributed by atoms with Crippen molar-refractivity contribution in [1.82, 2.24) is 15.2 Å². The second-order valence-electron chi connectivity index (χ2n) is 5.71. The second-order valence-corrected chi connectivity index (χ2v) is 6.58. The highest BCUT2D eigenvalue weighted by Crippen LogP contribution is 2.29. The summed E-state index contributed by atoms with van der Waals surface area (Å²) >= 11 is 12.0. The zero-order valence-corrected chi connectivity index (χ0v) is 14.0. The molecule has 5 heteroatoms. The van der Waals surface area contributed by atoms with Gasteiger partial charge in [0.2, 0.25) is 0 Å². The number of aromatic nitrogens is 1. The zero-order valence-electron chi connectivity index (χ0n) is 12.5. The van der Waals surface area contributed by atoms with Crippen LogP contribution in [0.15, 0.2) is 42.6 Å². The topological polar surface area (TPSA) is 28.2 Å². The predicted molar refractivity (Wildman–Crippen MR) is 91.6 cm³/mol. The van der Waals surface area contributed by atoms with Crippen molar-refractivity contribution in [2.75, 3.05) is 19.6 Å². The van der Waals surface area contributed by atoms with Gasteiger partial charge in [-0.25, -0.2) is 0 Å².